The number of aliphatic hydroxyl groups excluding tert-OH is 1. The van der Waals surface area contributed by atoms with E-state index in [2.05, 4.69) is 46.1 Å². The molecule has 0 aromatic heterocycles. The summed E-state index contributed by atoms with van der Waals surface area (Å²) in [6.07, 6.45) is 0.619. The van der Waals surface area contributed by atoms with Crippen molar-refractivity contribution in [1.82, 2.24) is 5.32 Å². The van der Waals surface area contributed by atoms with Crippen LogP contribution in [0.3, 0.4) is 0 Å². The Balaban J connectivity index is 1.75. The molecule has 3 N–H and O–H groups in total. The van der Waals surface area contributed by atoms with Crippen LogP contribution in [0.25, 0.3) is 0 Å². The minimum atomic E-state index is -2.11. The molecule has 0 amide bonds. The number of rotatable bonds is 14. The number of carboxylic acid groups (broad SMARTS) is 1. The Morgan fingerprint density at radius 2 is 1.56 bits per heavy atom. The van der Waals surface area contributed by atoms with Crippen LogP contribution in [0.1, 0.15) is 74.5 Å². The molecule has 7 heteroatoms. The van der Waals surface area contributed by atoms with Crippen molar-refractivity contribution in [2.24, 2.45) is 0 Å². The van der Waals surface area contributed by atoms with Gasteiger partial charge in [-0.05, 0) is 72.8 Å². The third-order valence-corrected chi connectivity index (χ3v) is 12.6. The van der Waals surface area contributed by atoms with Gasteiger partial charge in [0.15, 0.2) is 8.32 Å². The largest absolute Gasteiger partial charge is 0.489 e. The van der Waals surface area contributed by atoms with Gasteiger partial charge in [-0.2, -0.15) is 0 Å². The molecule has 1 unspecified atom stereocenters. The maximum atomic E-state index is 11.3. The van der Waals surface area contributed by atoms with Gasteiger partial charge in [0.25, 0.3) is 0 Å². The quantitative estimate of drug-likeness (QED) is 0.175. The van der Waals surface area contributed by atoms with E-state index in [4.69, 9.17) is 9.16 Å². The van der Waals surface area contributed by atoms with Gasteiger partial charge in [0.1, 0.15) is 12.4 Å². The summed E-state index contributed by atoms with van der Waals surface area (Å²) in [7, 11) is -2.11. The SMILES string of the molecule is CC(C(=O)O)c1ccc(C[C@@H](C)NC[C@H](O[Si](C)(C)C(C)(C)C)c2ccc(OCc3ccccc3)c(CO)c2)cc1. The second kappa shape index (κ2) is 14.3. The Bertz CT molecular complexity index is 1250. The summed E-state index contributed by atoms with van der Waals surface area (Å²) < 4.78 is 13.0. The molecule has 0 heterocycles. The molecule has 222 valence electrons. The van der Waals surface area contributed by atoms with Crippen LogP contribution in [0.15, 0.2) is 72.8 Å². The van der Waals surface area contributed by atoms with E-state index in [0.717, 1.165) is 34.2 Å². The first kappa shape index (κ1) is 32.5. The number of carboxylic acids is 1. The van der Waals surface area contributed by atoms with Crippen LogP contribution in [-0.2, 0) is 28.9 Å². The number of nitrogens with one attached hydrogen (secondary N) is 1. The highest BCUT2D eigenvalue weighted by Crippen LogP contribution is 2.40. The first-order valence-electron chi connectivity index (χ1n) is 14.4. The molecule has 3 atom stereocenters. The highest BCUT2D eigenvalue weighted by Gasteiger charge is 2.39. The maximum absolute atomic E-state index is 11.3. The molecule has 0 saturated carbocycles. The summed E-state index contributed by atoms with van der Waals surface area (Å²) in [4.78, 5) is 11.3. The van der Waals surface area contributed by atoms with Gasteiger partial charge in [0.2, 0.25) is 0 Å². The molecule has 0 saturated heterocycles. The summed E-state index contributed by atoms with van der Waals surface area (Å²) >= 11 is 0. The average Bonchev–Trinajstić information content (AvgIpc) is 2.94. The molecule has 0 aliphatic rings. The van der Waals surface area contributed by atoms with Crippen molar-refractivity contribution in [3.8, 4) is 5.75 Å². The topological polar surface area (TPSA) is 88.0 Å². The molecule has 3 rings (SSSR count). The van der Waals surface area contributed by atoms with E-state index in [1.165, 1.54) is 0 Å². The normalized spacial score (nSPS) is 14.3. The fourth-order valence-corrected chi connectivity index (χ4v) is 5.66. The Morgan fingerprint density at radius 1 is 0.927 bits per heavy atom. The van der Waals surface area contributed by atoms with Gasteiger partial charge in [-0.25, -0.2) is 0 Å². The van der Waals surface area contributed by atoms with Crippen molar-refractivity contribution in [3.05, 3.63) is 101 Å². The molecule has 3 aromatic carbocycles. The third kappa shape index (κ3) is 9.26. The molecular weight excluding hydrogens is 530 g/mol. The summed E-state index contributed by atoms with van der Waals surface area (Å²) in [5, 5.41) is 23.2. The van der Waals surface area contributed by atoms with Crippen LogP contribution >= 0.6 is 0 Å². The lowest BCUT2D eigenvalue weighted by Gasteiger charge is -2.40. The lowest BCUT2D eigenvalue weighted by atomic mass is 9.98. The van der Waals surface area contributed by atoms with Gasteiger partial charge in [-0.15, -0.1) is 0 Å². The van der Waals surface area contributed by atoms with E-state index in [1.807, 2.05) is 72.8 Å². The zero-order valence-electron chi connectivity index (χ0n) is 25.6. The molecule has 6 nitrogen and oxygen atoms in total. The Hall–Kier alpha value is -2.97. The van der Waals surface area contributed by atoms with Crippen molar-refractivity contribution < 1.29 is 24.2 Å². The summed E-state index contributed by atoms with van der Waals surface area (Å²) in [5.41, 5.74) is 4.78. The zero-order chi connectivity index (χ0) is 30.2. The molecule has 0 aliphatic carbocycles. The van der Waals surface area contributed by atoms with Gasteiger partial charge in [-0.1, -0.05) is 81.4 Å². The molecule has 41 heavy (non-hydrogen) atoms. The zero-order valence-corrected chi connectivity index (χ0v) is 26.6. The van der Waals surface area contributed by atoms with Crippen LogP contribution in [-0.4, -0.2) is 37.1 Å². The molecule has 0 fully saturated rings. The number of hydrogen-bond acceptors (Lipinski definition) is 5. The van der Waals surface area contributed by atoms with Crippen molar-refractivity contribution >= 4 is 14.3 Å². The number of hydrogen-bond donors (Lipinski definition) is 3. The molecule has 0 spiro atoms. The number of ether oxygens (including phenoxy) is 1. The van der Waals surface area contributed by atoms with Gasteiger partial charge in [0.05, 0.1) is 18.6 Å². The molecule has 0 aliphatic heterocycles. The number of benzene rings is 3. The summed E-state index contributed by atoms with van der Waals surface area (Å²) in [6.45, 7) is 16.0. The minimum Gasteiger partial charge on any atom is -0.489 e. The van der Waals surface area contributed by atoms with Gasteiger partial charge < -0.3 is 24.7 Å². The minimum absolute atomic E-state index is 0.0459. The van der Waals surface area contributed by atoms with Crippen molar-refractivity contribution in [1.29, 1.82) is 0 Å². The van der Waals surface area contributed by atoms with Gasteiger partial charge in [-0.3, -0.25) is 4.79 Å². The van der Waals surface area contributed by atoms with Crippen LogP contribution in [0.4, 0.5) is 0 Å². The summed E-state index contributed by atoms with van der Waals surface area (Å²) in [5.74, 6) is -0.666. The van der Waals surface area contributed by atoms with Crippen LogP contribution in [0, 0.1) is 0 Å². The average molecular weight is 578 g/mol. The lowest BCUT2D eigenvalue weighted by Crippen LogP contribution is -2.44. The van der Waals surface area contributed by atoms with Crippen LogP contribution in [0.2, 0.25) is 18.1 Å². The first-order valence-corrected chi connectivity index (χ1v) is 17.3. The van der Waals surface area contributed by atoms with E-state index in [0.29, 0.717) is 18.9 Å². The smallest absolute Gasteiger partial charge is 0.310 e. The highest BCUT2D eigenvalue weighted by atomic mass is 28.4. The lowest BCUT2D eigenvalue weighted by molar-refractivity contribution is -0.138. The van der Waals surface area contributed by atoms with E-state index in [1.54, 1.807) is 6.92 Å². The van der Waals surface area contributed by atoms with E-state index >= 15 is 0 Å². The van der Waals surface area contributed by atoms with Crippen molar-refractivity contribution in [2.75, 3.05) is 6.54 Å². The van der Waals surface area contributed by atoms with Crippen molar-refractivity contribution in [2.45, 2.75) is 90.4 Å². The fraction of sp³-hybridized carbons (Fsp3) is 0.441. The van der Waals surface area contributed by atoms with E-state index < -0.39 is 20.2 Å². The molecule has 0 radical (unpaired) electrons. The number of aliphatic hydroxyl groups is 1. The Morgan fingerprint density at radius 3 is 2.15 bits per heavy atom. The second-order valence-electron chi connectivity index (χ2n) is 12.5. The molecule has 3 aromatic rings. The number of carbonyl (C=O) groups is 1. The second-order valence-corrected chi connectivity index (χ2v) is 17.2. The summed E-state index contributed by atoms with van der Waals surface area (Å²) in [6, 6.07) is 24.0. The fourth-order valence-electron chi connectivity index (χ4n) is 4.38. The predicted molar refractivity (Wildman–Crippen MR) is 168 cm³/mol. The van der Waals surface area contributed by atoms with Crippen molar-refractivity contribution in [3.63, 3.8) is 0 Å². The standard InChI is InChI=1S/C34H47NO5Si/c1-24(19-26-13-15-28(16-14-26)25(2)33(37)38)35-21-32(40-41(6,7)34(3,4)5)29-17-18-31(30(20-29)22-36)39-23-27-11-9-8-10-12-27/h8-18,20,24-25,32,35-36H,19,21-23H2,1-7H3,(H,37,38)/t24-,25?,32+/m1/s1. The first-order chi connectivity index (χ1) is 19.3. The maximum Gasteiger partial charge on any atom is 0.310 e. The monoisotopic (exact) mass is 577 g/mol. The predicted octanol–water partition coefficient (Wildman–Crippen LogP) is 7.23. The van der Waals surface area contributed by atoms with Gasteiger partial charge >= 0.3 is 5.97 Å². The van der Waals surface area contributed by atoms with E-state index in [9.17, 15) is 15.0 Å². The van der Waals surface area contributed by atoms with E-state index in [-0.39, 0.29) is 23.8 Å². The van der Waals surface area contributed by atoms with Crippen LogP contribution < -0.4 is 10.1 Å². The van der Waals surface area contributed by atoms with Crippen LogP contribution in [0.5, 0.6) is 5.75 Å². The molecule has 0 bridgehead atoms. The van der Waals surface area contributed by atoms with Gasteiger partial charge in [0, 0.05) is 18.2 Å². The highest BCUT2D eigenvalue weighted by molar-refractivity contribution is 6.74. The Kier molecular flexibility index (Phi) is 11.3. The molecular formula is C34H47NO5Si. The number of aliphatic carboxylic acids is 1. The third-order valence-electron chi connectivity index (χ3n) is 8.15. The Labute approximate surface area is 246 Å².